The lowest BCUT2D eigenvalue weighted by Crippen LogP contribution is -2.36. The van der Waals surface area contributed by atoms with Crippen molar-refractivity contribution in [2.75, 3.05) is 23.7 Å². The summed E-state index contributed by atoms with van der Waals surface area (Å²) in [6.45, 7) is 1.42. The first-order valence-electron chi connectivity index (χ1n) is 5.10. The molecule has 16 heavy (non-hydrogen) atoms. The molecule has 1 aliphatic rings. The molecule has 88 valence electrons. The van der Waals surface area contributed by atoms with Crippen LogP contribution in [-0.2, 0) is 7.05 Å². The SMILES string of the molecule is Cn1ncc(N)c1N1CC[C@H](NC(=O)O)C1. The van der Waals surface area contributed by atoms with Gasteiger partial charge >= 0.3 is 6.09 Å². The van der Waals surface area contributed by atoms with Gasteiger partial charge in [-0.15, -0.1) is 0 Å². The summed E-state index contributed by atoms with van der Waals surface area (Å²) in [6, 6.07) is -0.0354. The van der Waals surface area contributed by atoms with E-state index in [0.717, 1.165) is 18.8 Å². The Kier molecular flexibility index (Phi) is 2.59. The van der Waals surface area contributed by atoms with Crippen molar-refractivity contribution in [3.63, 3.8) is 0 Å². The van der Waals surface area contributed by atoms with E-state index in [9.17, 15) is 4.79 Å². The van der Waals surface area contributed by atoms with Gasteiger partial charge in [-0.1, -0.05) is 0 Å². The van der Waals surface area contributed by atoms with E-state index in [-0.39, 0.29) is 6.04 Å². The minimum absolute atomic E-state index is 0.0354. The Morgan fingerprint density at radius 2 is 2.50 bits per heavy atom. The maximum absolute atomic E-state index is 10.5. The van der Waals surface area contributed by atoms with Gasteiger partial charge in [0.2, 0.25) is 0 Å². The molecule has 1 fully saturated rings. The number of nitrogens with one attached hydrogen (secondary N) is 1. The van der Waals surface area contributed by atoms with Gasteiger partial charge in [0.25, 0.3) is 0 Å². The highest BCUT2D eigenvalue weighted by Gasteiger charge is 2.26. The van der Waals surface area contributed by atoms with Crippen molar-refractivity contribution in [2.45, 2.75) is 12.5 Å². The molecule has 4 N–H and O–H groups in total. The average molecular weight is 225 g/mol. The van der Waals surface area contributed by atoms with Crippen molar-refractivity contribution >= 4 is 17.6 Å². The maximum Gasteiger partial charge on any atom is 0.404 e. The molecule has 0 aliphatic carbocycles. The van der Waals surface area contributed by atoms with Crippen molar-refractivity contribution in [1.29, 1.82) is 0 Å². The lowest BCUT2D eigenvalue weighted by molar-refractivity contribution is 0.191. The number of nitrogen functional groups attached to an aromatic ring is 1. The zero-order valence-electron chi connectivity index (χ0n) is 9.05. The molecule has 0 radical (unpaired) electrons. The van der Waals surface area contributed by atoms with Gasteiger partial charge in [0.15, 0.2) is 0 Å². The normalized spacial score (nSPS) is 20.1. The van der Waals surface area contributed by atoms with Crippen LogP contribution < -0.4 is 16.0 Å². The Bertz CT molecular complexity index is 383. The van der Waals surface area contributed by atoms with E-state index < -0.39 is 6.09 Å². The third-order valence-corrected chi connectivity index (χ3v) is 2.75. The Labute approximate surface area is 92.8 Å². The molecule has 0 spiro atoms. The van der Waals surface area contributed by atoms with E-state index >= 15 is 0 Å². The molecule has 2 heterocycles. The summed E-state index contributed by atoms with van der Waals surface area (Å²) in [7, 11) is 1.82. The van der Waals surface area contributed by atoms with Gasteiger partial charge in [-0.05, 0) is 6.42 Å². The molecule has 0 aromatic carbocycles. The molecule has 2 rings (SSSR count). The van der Waals surface area contributed by atoms with Gasteiger partial charge in [0.05, 0.1) is 17.9 Å². The van der Waals surface area contributed by atoms with Crippen LogP contribution in [-0.4, -0.2) is 40.1 Å². The molecule has 1 amide bonds. The van der Waals surface area contributed by atoms with E-state index in [1.807, 2.05) is 11.9 Å². The van der Waals surface area contributed by atoms with Gasteiger partial charge in [-0.3, -0.25) is 4.68 Å². The standard InChI is InChI=1S/C9H15N5O2/c1-13-8(7(10)4-11-13)14-3-2-6(5-14)12-9(15)16/h4,6,12H,2-3,5,10H2,1H3,(H,15,16)/t6-/m0/s1. The van der Waals surface area contributed by atoms with Crippen LogP contribution >= 0.6 is 0 Å². The van der Waals surface area contributed by atoms with E-state index in [1.54, 1.807) is 10.9 Å². The van der Waals surface area contributed by atoms with Crippen molar-refractivity contribution in [3.05, 3.63) is 6.20 Å². The zero-order chi connectivity index (χ0) is 11.7. The monoisotopic (exact) mass is 225 g/mol. The zero-order valence-corrected chi connectivity index (χ0v) is 9.05. The van der Waals surface area contributed by atoms with Gasteiger partial charge in [0.1, 0.15) is 5.82 Å². The van der Waals surface area contributed by atoms with Crippen molar-refractivity contribution < 1.29 is 9.90 Å². The number of hydrogen-bond donors (Lipinski definition) is 3. The molecule has 1 atom stereocenters. The summed E-state index contributed by atoms with van der Waals surface area (Å²) in [5, 5.41) is 15.2. The number of carbonyl (C=O) groups is 1. The Balaban J connectivity index is 2.06. The van der Waals surface area contributed by atoms with E-state index in [4.69, 9.17) is 10.8 Å². The third-order valence-electron chi connectivity index (χ3n) is 2.75. The molecule has 7 heteroatoms. The Hall–Kier alpha value is -1.92. The van der Waals surface area contributed by atoms with E-state index in [1.165, 1.54) is 0 Å². The molecule has 1 saturated heterocycles. The fraction of sp³-hybridized carbons (Fsp3) is 0.556. The Morgan fingerprint density at radius 3 is 3.06 bits per heavy atom. The van der Waals surface area contributed by atoms with Crippen molar-refractivity contribution in [2.24, 2.45) is 7.05 Å². The molecular formula is C9H15N5O2. The number of nitrogens with zero attached hydrogens (tertiary/aromatic N) is 3. The largest absolute Gasteiger partial charge is 0.465 e. The molecule has 7 nitrogen and oxygen atoms in total. The number of aromatic nitrogens is 2. The summed E-state index contributed by atoms with van der Waals surface area (Å²) in [5.41, 5.74) is 6.43. The van der Waals surface area contributed by atoms with Crippen LogP contribution in [0.2, 0.25) is 0 Å². The molecule has 1 aromatic heterocycles. The van der Waals surface area contributed by atoms with Crippen LogP contribution in [0.3, 0.4) is 0 Å². The minimum Gasteiger partial charge on any atom is -0.465 e. The number of hydrogen-bond acceptors (Lipinski definition) is 4. The molecule has 0 saturated carbocycles. The van der Waals surface area contributed by atoms with Crippen LogP contribution in [0.25, 0.3) is 0 Å². The lowest BCUT2D eigenvalue weighted by atomic mass is 10.3. The second-order valence-electron chi connectivity index (χ2n) is 3.93. The van der Waals surface area contributed by atoms with E-state index in [2.05, 4.69) is 10.4 Å². The van der Waals surface area contributed by atoms with Gasteiger partial charge < -0.3 is 21.1 Å². The minimum atomic E-state index is -0.982. The second kappa shape index (κ2) is 3.92. The third kappa shape index (κ3) is 1.88. The highest BCUT2D eigenvalue weighted by molar-refractivity contribution is 5.66. The smallest absolute Gasteiger partial charge is 0.404 e. The number of aryl methyl sites for hydroxylation is 1. The summed E-state index contributed by atoms with van der Waals surface area (Å²) in [5.74, 6) is 0.856. The number of amides is 1. The molecule has 1 aromatic rings. The van der Waals surface area contributed by atoms with Crippen molar-refractivity contribution in [3.8, 4) is 0 Å². The molecular weight excluding hydrogens is 210 g/mol. The van der Waals surface area contributed by atoms with Crippen LogP contribution in [0.1, 0.15) is 6.42 Å². The summed E-state index contributed by atoms with van der Waals surface area (Å²) in [6.07, 6.45) is 1.41. The summed E-state index contributed by atoms with van der Waals surface area (Å²) < 4.78 is 1.71. The predicted molar refractivity (Wildman–Crippen MR) is 59.4 cm³/mol. The van der Waals surface area contributed by atoms with Gasteiger partial charge in [0, 0.05) is 20.1 Å². The van der Waals surface area contributed by atoms with Gasteiger partial charge in [-0.2, -0.15) is 5.10 Å². The average Bonchev–Trinajstić information content (AvgIpc) is 2.73. The lowest BCUT2D eigenvalue weighted by Gasteiger charge is -2.19. The van der Waals surface area contributed by atoms with E-state index in [0.29, 0.717) is 12.2 Å². The fourth-order valence-electron chi connectivity index (χ4n) is 2.08. The summed E-state index contributed by atoms with van der Waals surface area (Å²) in [4.78, 5) is 12.6. The Morgan fingerprint density at radius 1 is 1.75 bits per heavy atom. The summed E-state index contributed by atoms with van der Waals surface area (Å²) >= 11 is 0. The number of rotatable bonds is 2. The molecule has 0 bridgehead atoms. The highest BCUT2D eigenvalue weighted by Crippen LogP contribution is 2.25. The first-order chi connectivity index (χ1) is 7.58. The molecule has 1 aliphatic heterocycles. The molecule has 0 unspecified atom stereocenters. The predicted octanol–water partition coefficient (Wildman–Crippen LogP) is -0.151. The van der Waals surface area contributed by atoms with Gasteiger partial charge in [-0.25, -0.2) is 4.79 Å². The van der Waals surface area contributed by atoms with Crippen molar-refractivity contribution in [1.82, 2.24) is 15.1 Å². The first-order valence-corrected chi connectivity index (χ1v) is 5.10. The van der Waals surface area contributed by atoms with Crippen LogP contribution in [0.15, 0.2) is 6.20 Å². The number of nitrogens with two attached hydrogens (primary N) is 1. The van der Waals surface area contributed by atoms with Crippen LogP contribution in [0.5, 0.6) is 0 Å². The van der Waals surface area contributed by atoms with Crippen LogP contribution in [0.4, 0.5) is 16.3 Å². The maximum atomic E-state index is 10.5. The highest BCUT2D eigenvalue weighted by atomic mass is 16.4. The fourth-order valence-corrected chi connectivity index (χ4v) is 2.08. The second-order valence-corrected chi connectivity index (χ2v) is 3.93. The topological polar surface area (TPSA) is 96.4 Å². The number of anilines is 2. The number of carboxylic acid groups (broad SMARTS) is 1. The van der Waals surface area contributed by atoms with Crippen LogP contribution in [0, 0.1) is 0 Å². The quantitative estimate of drug-likeness (QED) is 0.650. The first kappa shape index (κ1) is 10.6.